The summed E-state index contributed by atoms with van der Waals surface area (Å²) in [4.78, 5) is 21.7. The summed E-state index contributed by atoms with van der Waals surface area (Å²) in [5.74, 6) is 0.416. The molecule has 4 aromatic rings. The first kappa shape index (κ1) is 19.3. The van der Waals surface area contributed by atoms with Gasteiger partial charge in [-0.2, -0.15) is 5.10 Å². The Hall–Kier alpha value is -4.06. The first-order chi connectivity index (χ1) is 14.7. The number of imidazole rings is 1. The van der Waals surface area contributed by atoms with Crippen molar-refractivity contribution in [2.45, 2.75) is 13.5 Å². The maximum Gasteiger partial charge on any atom is 0.260 e. The second kappa shape index (κ2) is 8.96. The van der Waals surface area contributed by atoms with Crippen molar-refractivity contribution >= 4 is 28.7 Å². The van der Waals surface area contributed by atoms with Gasteiger partial charge < -0.3 is 4.57 Å². The number of hydrazone groups is 1. The number of fused-ring (bicyclic) bond motifs is 1. The second-order valence-corrected chi connectivity index (χ2v) is 6.76. The summed E-state index contributed by atoms with van der Waals surface area (Å²) in [6.07, 6.45) is 5.53. The van der Waals surface area contributed by atoms with Gasteiger partial charge >= 0.3 is 0 Å². The van der Waals surface area contributed by atoms with Gasteiger partial charge in [0.05, 0.1) is 16.7 Å². The molecule has 2 aromatic heterocycles. The highest BCUT2D eigenvalue weighted by molar-refractivity contribution is 5.97. The van der Waals surface area contributed by atoms with E-state index in [4.69, 9.17) is 0 Å². The number of pyridine rings is 1. The molecule has 0 radical (unpaired) electrons. The molecule has 6 nitrogen and oxygen atoms in total. The van der Waals surface area contributed by atoms with Crippen LogP contribution in [0.1, 0.15) is 12.5 Å². The van der Waals surface area contributed by atoms with Crippen LogP contribution in [0.3, 0.4) is 0 Å². The third kappa shape index (κ3) is 4.50. The van der Waals surface area contributed by atoms with Gasteiger partial charge in [0.2, 0.25) is 0 Å². The number of rotatable bonds is 6. The lowest BCUT2D eigenvalue weighted by Gasteiger charge is -2.08. The van der Waals surface area contributed by atoms with E-state index in [2.05, 4.69) is 20.5 Å². The van der Waals surface area contributed by atoms with Gasteiger partial charge in [-0.05, 0) is 42.8 Å². The van der Waals surface area contributed by atoms with Crippen molar-refractivity contribution in [3.63, 3.8) is 0 Å². The summed E-state index contributed by atoms with van der Waals surface area (Å²) in [7, 11) is 0. The first-order valence-electron chi connectivity index (χ1n) is 9.63. The van der Waals surface area contributed by atoms with Crippen LogP contribution in [0.25, 0.3) is 28.6 Å². The quantitative estimate of drug-likeness (QED) is 0.391. The Kier molecular flexibility index (Phi) is 5.75. The standard InChI is InChI=1S/C24H21N5O/c1-18(14-15-19-9-3-2-4-10-19)27-28-23(30)17-29-22-13-6-5-11-20(22)26-24(29)21-12-7-8-16-25-21/h2-16H,17H2,1H3,(H,28,30)/b15-14+,27-18+. The normalized spacial score (nSPS) is 11.8. The number of nitrogens with zero attached hydrogens (tertiary/aromatic N) is 4. The third-order valence-corrected chi connectivity index (χ3v) is 4.52. The molecule has 4 rings (SSSR count). The van der Waals surface area contributed by atoms with Crippen LogP contribution in [-0.4, -0.2) is 26.2 Å². The van der Waals surface area contributed by atoms with E-state index in [-0.39, 0.29) is 12.5 Å². The molecule has 0 atom stereocenters. The number of allylic oxidation sites excluding steroid dienone is 1. The molecule has 2 heterocycles. The zero-order chi connectivity index (χ0) is 20.8. The average molecular weight is 395 g/mol. The molecule has 0 saturated carbocycles. The Labute approximate surface area is 174 Å². The van der Waals surface area contributed by atoms with Crippen LogP contribution in [0.2, 0.25) is 0 Å². The largest absolute Gasteiger partial charge is 0.313 e. The lowest BCUT2D eigenvalue weighted by molar-refractivity contribution is -0.121. The highest BCUT2D eigenvalue weighted by atomic mass is 16.2. The van der Waals surface area contributed by atoms with Crippen LogP contribution in [0.5, 0.6) is 0 Å². The minimum absolute atomic E-state index is 0.0889. The molecule has 2 aromatic carbocycles. The van der Waals surface area contributed by atoms with E-state index in [1.807, 2.05) is 96.4 Å². The average Bonchev–Trinajstić information content (AvgIpc) is 3.16. The zero-order valence-electron chi connectivity index (χ0n) is 16.6. The number of hydrogen-bond acceptors (Lipinski definition) is 4. The molecular weight excluding hydrogens is 374 g/mol. The zero-order valence-corrected chi connectivity index (χ0v) is 16.6. The highest BCUT2D eigenvalue weighted by Crippen LogP contribution is 2.23. The molecule has 0 unspecified atom stereocenters. The van der Waals surface area contributed by atoms with Crippen molar-refractivity contribution in [3.05, 3.63) is 90.6 Å². The SMILES string of the molecule is CC(/C=C/c1ccccc1)=N\NC(=O)Cn1c(-c2ccccn2)nc2ccccc21. The molecule has 1 N–H and O–H groups in total. The van der Waals surface area contributed by atoms with E-state index in [1.165, 1.54) is 0 Å². The smallest absolute Gasteiger partial charge is 0.260 e. The Morgan fingerprint density at radius 1 is 1.03 bits per heavy atom. The van der Waals surface area contributed by atoms with E-state index >= 15 is 0 Å². The van der Waals surface area contributed by atoms with Crippen LogP contribution < -0.4 is 5.43 Å². The summed E-state index contributed by atoms with van der Waals surface area (Å²) in [6.45, 7) is 1.93. The topological polar surface area (TPSA) is 72.2 Å². The molecule has 0 aliphatic heterocycles. The van der Waals surface area contributed by atoms with Gasteiger partial charge in [0.1, 0.15) is 12.2 Å². The second-order valence-electron chi connectivity index (χ2n) is 6.76. The molecule has 6 heteroatoms. The van der Waals surface area contributed by atoms with Crippen molar-refractivity contribution < 1.29 is 4.79 Å². The number of nitrogens with one attached hydrogen (secondary N) is 1. The molecule has 0 saturated heterocycles. The predicted molar refractivity (Wildman–Crippen MR) is 120 cm³/mol. The number of carbonyl (C=O) groups excluding carboxylic acids is 1. The lowest BCUT2D eigenvalue weighted by atomic mass is 10.2. The molecule has 148 valence electrons. The van der Waals surface area contributed by atoms with Gasteiger partial charge in [0.25, 0.3) is 5.91 Å². The Morgan fingerprint density at radius 3 is 2.60 bits per heavy atom. The lowest BCUT2D eigenvalue weighted by Crippen LogP contribution is -2.24. The van der Waals surface area contributed by atoms with Crippen LogP contribution in [0, 0.1) is 0 Å². The summed E-state index contributed by atoms with van der Waals surface area (Å²) >= 11 is 0. The van der Waals surface area contributed by atoms with Crippen molar-refractivity contribution in [3.8, 4) is 11.5 Å². The summed E-state index contributed by atoms with van der Waals surface area (Å²) < 4.78 is 1.86. The van der Waals surface area contributed by atoms with E-state index < -0.39 is 0 Å². The van der Waals surface area contributed by atoms with Gasteiger partial charge in [-0.25, -0.2) is 10.4 Å². The molecule has 0 aliphatic rings. The molecule has 0 aliphatic carbocycles. The number of benzene rings is 2. The Bertz CT molecular complexity index is 1210. The van der Waals surface area contributed by atoms with Crippen LogP contribution in [0.15, 0.2) is 90.2 Å². The maximum absolute atomic E-state index is 12.6. The molecule has 0 spiro atoms. The number of carbonyl (C=O) groups is 1. The van der Waals surface area contributed by atoms with E-state index in [0.29, 0.717) is 17.2 Å². The van der Waals surface area contributed by atoms with Gasteiger partial charge in [-0.15, -0.1) is 0 Å². The molecule has 0 bridgehead atoms. The molecular formula is C24H21N5O. The minimum Gasteiger partial charge on any atom is -0.313 e. The van der Waals surface area contributed by atoms with Crippen LogP contribution in [0.4, 0.5) is 0 Å². The van der Waals surface area contributed by atoms with Crippen molar-refractivity contribution in [1.82, 2.24) is 20.0 Å². The number of aromatic nitrogens is 3. The summed E-state index contributed by atoms with van der Waals surface area (Å²) in [6, 6.07) is 23.3. The molecule has 0 fully saturated rings. The van der Waals surface area contributed by atoms with E-state index in [1.54, 1.807) is 6.20 Å². The Morgan fingerprint density at radius 2 is 1.80 bits per heavy atom. The fourth-order valence-electron chi connectivity index (χ4n) is 3.07. The Balaban J connectivity index is 1.52. The number of hydrogen-bond donors (Lipinski definition) is 1. The summed E-state index contributed by atoms with van der Waals surface area (Å²) in [5, 5.41) is 4.18. The summed E-state index contributed by atoms with van der Waals surface area (Å²) in [5.41, 5.74) is 6.81. The van der Waals surface area contributed by atoms with Crippen molar-refractivity contribution in [2.24, 2.45) is 5.10 Å². The third-order valence-electron chi connectivity index (χ3n) is 4.52. The van der Waals surface area contributed by atoms with E-state index in [0.717, 1.165) is 16.6 Å². The monoisotopic (exact) mass is 395 g/mol. The van der Waals surface area contributed by atoms with Gasteiger partial charge in [0, 0.05) is 6.20 Å². The van der Waals surface area contributed by atoms with Crippen LogP contribution in [-0.2, 0) is 11.3 Å². The highest BCUT2D eigenvalue weighted by Gasteiger charge is 2.15. The fourth-order valence-corrected chi connectivity index (χ4v) is 3.07. The van der Waals surface area contributed by atoms with E-state index in [9.17, 15) is 4.79 Å². The van der Waals surface area contributed by atoms with Gasteiger partial charge in [0.15, 0.2) is 5.82 Å². The maximum atomic E-state index is 12.6. The van der Waals surface area contributed by atoms with Crippen molar-refractivity contribution in [2.75, 3.05) is 0 Å². The molecule has 30 heavy (non-hydrogen) atoms. The number of para-hydroxylation sites is 2. The first-order valence-corrected chi connectivity index (χ1v) is 9.63. The fraction of sp³-hybridized carbons (Fsp3) is 0.0833. The van der Waals surface area contributed by atoms with Gasteiger partial charge in [-0.1, -0.05) is 54.6 Å². The number of amides is 1. The minimum atomic E-state index is -0.234. The van der Waals surface area contributed by atoms with Crippen molar-refractivity contribution in [1.29, 1.82) is 0 Å². The van der Waals surface area contributed by atoms with Gasteiger partial charge in [-0.3, -0.25) is 9.78 Å². The molecule has 1 amide bonds. The van der Waals surface area contributed by atoms with Crippen LogP contribution >= 0.6 is 0 Å². The predicted octanol–water partition coefficient (Wildman–Crippen LogP) is 4.30.